The minimum atomic E-state index is -0.150. The van der Waals surface area contributed by atoms with Crippen LogP contribution in [0.3, 0.4) is 0 Å². The Morgan fingerprint density at radius 2 is 1.77 bits per heavy atom. The fourth-order valence-electron chi connectivity index (χ4n) is 3.23. The third-order valence-electron chi connectivity index (χ3n) is 4.95. The second-order valence-electron chi connectivity index (χ2n) is 7.17. The molecule has 0 spiro atoms. The average molecular weight is 434 g/mol. The molecule has 5 nitrogen and oxygen atoms in total. The third-order valence-corrected chi connectivity index (χ3v) is 5.20. The van der Waals surface area contributed by atoms with Crippen LogP contribution in [0.1, 0.15) is 5.56 Å². The monoisotopic (exact) mass is 433 g/mol. The van der Waals surface area contributed by atoms with E-state index in [-0.39, 0.29) is 17.9 Å². The quantitative estimate of drug-likeness (QED) is 0.422. The zero-order valence-corrected chi connectivity index (χ0v) is 17.6. The summed E-state index contributed by atoms with van der Waals surface area (Å²) in [5.74, 6) is 0.305. The van der Waals surface area contributed by atoms with Gasteiger partial charge in [0.2, 0.25) is 0 Å². The van der Waals surface area contributed by atoms with E-state index in [1.807, 2.05) is 30.3 Å². The molecule has 0 unspecified atom stereocenters. The molecule has 4 aromatic rings. The Morgan fingerprint density at radius 3 is 2.52 bits per heavy atom. The number of ether oxygens (including phenoxy) is 1. The van der Waals surface area contributed by atoms with Crippen molar-refractivity contribution < 1.29 is 13.9 Å². The minimum absolute atomic E-state index is 0.109. The van der Waals surface area contributed by atoms with Gasteiger partial charge in [-0.2, -0.15) is 0 Å². The Hall–Kier alpha value is -3.57. The van der Waals surface area contributed by atoms with Gasteiger partial charge in [0.1, 0.15) is 17.6 Å². The van der Waals surface area contributed by atoms with Crippen molar-refractivity contribution in [3.63, 3.8) is 0 Å². The first-order valence-corrected chi connectivity index (χ1v) is 10.1. The molecule has 3 aromatic carbocycles. The molecule has 0 atom stereocenters. The summed E-state index contributed by atoms with van der Waals surface area (Å²) >= 11 is 5.92. The summed E-state index contributed by atoms with van der Waals surface area (Å²) in [7, 11) is 1.73. The highest BCUT2D eigenvalue weighted by Gasteiger charge is 2.13. The normalized spacial score (nSPS) is 10.8. The zero-order chi connectivity index (χ0) is 21.8. The smallest absolute Gasteiger partial charge is 0.260 e. The van der Waals surface area contributed by atoms with Gasteiger partial charge in [0.25, 0.3) is 5.91 Å². The van der Waals surface area contributed by atoms with Crippen molar-refractivity contribution in [1.29, 1.82) is 0 Å². The van der Waals surface area contributed by atoms with E-state index in [1.54, 1.807) is 54.4 Å². The van der Waals surface area contributed by atoms with Crippen LogP contribution in [0.5, 0.6) is 5.75 Å². The molecule has 0 bridgehead atoms. The van der Waals surface area contributed by atoms with E-state index in [1.165, 1.54) is 6.26 Å². The molecule has 1 amide bonds. The molecule has 0 fully saturated rings. The molecular weight excluding hydrogens is 414 g/mol. The van der Waals surface area contributed by atoms with Gasteiger partial charge >= 0.3 is 0 Å². The lowest BCUT2D eigenvalue weighted by Crippen LogP contribution is -2.30. The lowest BCUT2D eigenvalue weighted by Gasteiger charge is -2.17. The number of fused-ring (bicyclic) bond motifs is 1. The van der Waals surface area contributed by atoms with E-state index in [0.29, 0.717) is 33.8 Å². The van der Waals surface area contributed by atoms with E-state index >= 15 is 0 Å². The van der Waals surface area contributed by atoms with Gasteiger partial charge in [-0.3, -0.25) is 9.59 Å². The molecule has 1 aromatic heterocycles. The fourth-order valence-corrected chi connectivity index (χ4v) is 3.35. The van der Waals surface area contributed by atoms with Crippen LogP contribution in [-0.2, 0) is 11.3 Å². The SMILES string of the molecule is CN(Cc1ccccc1)C(=O)COc1ccc2c(=O)c(-c3ccc(Cl)cc3)coc2c1. The van der Waals surface area contributed by atoms with Gasteiger partial charge in [-0.05, 0) is 35.4 Å². The summed E-state index contributed by atoms with van der Waals surface area (Å²) in [6.45, 7) is 0.394. The van der Waals surface area contributed by atoms with Crippen molar-refractivity contribution in [2.75, 3.05) is 13.7 Å². The second-order valence-corrected chi connectivity index (χ2v) is 7.60. The van der Waals surface area contributed by atoms with Gasteiger partial charge in [-0.15, -0.1) is 0 Å². The maximum absolute atomic E-state index is 12.9. The first-order valence-electron chi connectivity index (χ1n) is 9.73. The van der Waals surface area contributed by atoms with Crippen molar-refractivity contribution >= 4 is 28.5 Å². The number of rotatable bonds is 6. The minimum Gasteiger partial charge on any atom is -0.484 e. The highest BCUT2D eigenvalue weighted by molar-refractivity contribution is 6.30. The van der Waals surface area contributed by atoms with Crippen LogP contribution in [0.2, 0.25) is 5.02 Å². The Balaban J connectivity index is 1.47. The van der Waals surface area contributed by atoms with Gasteiger partial charge in [-0.1, -0.05) is 54.1 Å². The Kier molecular flexibility index (Phi) is 6.05. The Morgan fingerprint density at radius 1 is 1.03 bits per heavy atom. The molecule has 6 heteroatoms. The van der Waals surface area contributed by atoms with Crippen LogP contribution in [0.4, 0.5) is 0 Å². The number of hydrogen-bond acceptors (Lipinski definition) is 4. The molecule has 0 aliphatic carbocycles. The lowest BCUT2D eigenvalue weighted by atomic mass is 10.1. The Labute approximate surface area is 184 Å². The third kappa shape index (κ3) is 4.78. The maximum Gasteiger partial charge on any atom is 0.260 e. The second kappa shape index (κ2) is 9.06. The van der Waals surface area contributed by atoms with Crippen molar-refractivity contribution in [2.24, 2.45) is 0 Å². The van der Waals surface area contributed by atoms with Crippen LogP contribution >= 0.6 is 11.6 Å². The number of carbonyl (C=O) groups excluding carboxylic acids is 1. The number of carbonyl (C=O) groups is 1. The summed E-state index contributed by atoms with van der Waals surface area (Å²) in [6.07, 6.45) is 1.43. The highest BCUT2D eigenvalue weighted by atomic mass is 35.5. The van der Waals surface area contributed by atoms with Crippen molar-refractivity contribution in [1.82, 2.24) is 4.90 Å². The van der Waals surface area contributed by atoms with Crippen molar-refractivity contribution in [3.05, 3.63) is 99.9 Å². The standard InChI is InChI=1S/C25H20ClNO4/c1-27(14-17-5-3-2-4-6-17)24(28)16-30-20-11-12-21-23(13-20)31-15-22(25(21)29)18-7-9-19(26)10-8-18/h2-13,15H,14,16H2,1H3. The van der Waals surface area contributed by atoms with E-state index in [9.17, 15) is 9.59 Å². The molecule has 0 radical (unpaired) electrons. The average Bonchev–Trinajstić information content (AvgIpc) is 2.79. The summed E-state index contributed by atoms with van der Waals surface area (Å²) in [5, 5.41) is 1.03. The fraction of sp³-hybridized carbons (Fsp3) is 0.120. The summed E-state index contributed by atoms with van der Waals surface area (Å²) < 4.78 is 11.3. The first-order chi connectivity index (χ1) is 15.0. The summed E-state index contributed by atoms with van der Waals surface area (Å²) in [5.41, 5.74) is 2.48. The van der Waals surface area contributed by atoms with Gasteiger partial charge in [0, 0.05) is 24.7 Å². The van der Waals surface area contributed by atoms with Crippen LogP contribution < -0.4 is 10.2 Å². The van der Waals surface area contributed by atoms with E-state index in [2.05, 4.69) is 0 Å². The number of benzene rings is 3. The molecule has 31 heavy (non-hydrogen) atoms. The number of nitrogens with zero attached hydrogens (tertiary/aromatic N) is 1. The zero-order valence-electron chi connectivity index (χ0n) is 16.9. The molecule has 0 aliphatic rings. The van der Waals surface area contributed by atoms with E-state index in [4.69, 9.17) is 20.8 Å². The van der Waals surface area contributed by atoms with Gasteiger partial charge in [0.15, 0.2) is 12.0 Å². The number of likely N-dealkylation sites (N-methyl/N-ethyl adjacent to an activating group) is 1. The highest BCUT2D eigenvalue weighted by Crippen LogP contribution is 2.24. The molecule has 156 valence electrons. The van der Waals surface area contributed by atoms with Crippen LogP contribution in [0.15, 0.2) is 88.3 Å². The predicted molar refractivity (Wildman–Crippen MR) is 121 cm³/mol. The molecule has 0 aliphatic heterocycles. The van der Waals surface area contributed by atoms with Crippen LogP contribution in [0, 0.1) is 0 Å². The molecule has 0 N–H and O–H groups in total. The molecule has 4 rings (SSSR count). The Bertz CT molecular complexity index is 1270. The molecule has 1 heterocycles. The van der Waals surface area contributed by atoms with E-state index in [0.717, 1.165) is 11.1 Å². The van der Waals surface area contributed by atoms with Crippen LogP contribution in [0.25, 0.3) is 22.1 Å². The number of amides is 1. The van der Waals surface area contributed by atoms with Gasteiger partial charge in [-0.25, -0.2) is 0 Å². The predicted octanol–water partition coefficient (Wildman–Crippen LogP) is 5.15. The molecule has 0 saturated heterocycles. The van der Waals surface area contributed by atoms with E-state index < -0.39 is 0 Å². The maximum atomic E-state index is 12.9. The van der Waals surface area contributed by atoms with Crippen molar-refractivity contribution in [2.45, 2.75) is 6.54 Å². The van der Waals surface area contributed by atoms with Crippen LogP contribution in [-0.4, -0.2) is 24.5 Å². The van der Waals surface area contributed by atoms with Crippen molar-refractivity contribution in [3.8, 4) is 16.9 Å². The first kappa shape index (κ1) is 20.7. The molecular formula is C25H20ClNO4. The number of hydrogen-bond donors (Lipinski definition) is 0. The summed E-state index contributed by atoms with van der Waals surface area (Å²) in [4.78, 5) is 26.8. The summed E-state index contributed by atoms with van der Waals surface area (Å²) in [6, 6.07) is 21.7. The topological polar surface area (TPSA) is 59.8 Å². The van der Waals surface area contributed by atoms with Gasteiger partial charge in [0.05, 0.1) is 10.9 Å². The van der Waals surface area contributed by atoms with Gasteiger partial charge < -0.3 is 14.1 Å². The lowest BCUT2D eigenvalue weighted by molar-refractivity contribution is -0.132. The molecule has 0 saturated carbocycles. The largest absolute Gasteiger partial charge is 0.484 e. The number of halogens is 1.